The van der Waals surface area contributed by atoms with E-state index in [1.54, 1.807) is 18.2 Å². The minimum absolute atomic E-state index is 0.0562. The Balaban J connectivity index is 1.66. The van der Waals surface area contributed by atoms with Crippen LogP contribution in [0.4, 0.5) is 8.78 Å². The number of halogens is 2. The third-order valence-corrected chi connectivity index (χ3v) is 7.87. The second kappa shape index (κ2) is 6.58. The standard InChI is InChI=1S/C17H22F2O4S/c18-15-8-10(9-16(15)19)7-14(17(20)21)11-1-3-12(4-2-11)24(22,23)13-5-6-13/h1-3,10,12-16H,4-9H2,(H,20,21)/t10-,12?,14?,15+,16-. The first-order chi connectivity index (χ1) is 11.3. The molecule has 134 valence electrons. The maximum absolute atomic E-state index is 13.3. The SMILES string of the molecule is O=C(O)C(C[C@H]1C[C@@H](F)[C@@H](F)C1)C1=CCC(S(=O)(=O)C2CC2)C=C1. The van der Waals surface area contributed by atoms with E-state index in [1.807, 2.05) is 0 Å². The van der Waals surface area contributed by atoms with Gasteiger partial charge in [-0.3, -0.25) is 4.79 Å². The molecule has 0 aromatic carbocycles. The van der Waals surface area contributed by atoms with Crippen molar-refractivity contribution in [3.63, 3.8) is 0 Å². The van der Waals surface area contributed by atoms with Gasteiger partial charge in [-0.1, -0.05) is 18.2 Å². The van der Waals surface area contributed by atoms with Gasteiger partial charge in [0.25, 0.3) is 0 Å². The van der Waals surface area contributed by atoms with E-state index in [9.17, 15) is 27.1 Å². The molecule has 5 atom stereocenters. The van der Waals surface area contributed by atoms with Crippen molar-refractivity contribution < 1.29 is 27.1 Å². The molecule has 0 aliphatic heterocycles. The maximum atomic E-state index is 13.3. The van der Waals surface area contributed by atoms with Crippen LogP contribution in [0.1, 0.15) is 38.5 Å². The number of rotatable bonds is 6. The van der Waals surface area contributed by atoms with Crippen molar-refractivity contribution in [2.24, 2.45) is 11.8 Å². The molecule has 3 aliphatic carbocycles. The lowest BCUT2D eigenvalue weighted by atomic mass is 9.85. The Morgan fingerprint density at radius 2 is 1.88 bits per heavy atom. The lowest BCUT2D eigenvalue weighted by molar-refractivity contribution is -0.140. The van der Waals surface area contributed by atoms with E-state index in [1.165, 1.54) is 0 Å². The van der Waals surface area contributed by atoms with Crippen molar-refractivity contribution in [1.82, 2.24) is 0 Å². The third kappa shape index (κ3) is 3.55. The lowest BCUT2D eigenvalue weighted by Gasteiger charge is -2.22. The molecule has 0 saturated heterocycles. The predicted octanol–water partition coefficient (Wildman–Crippen LogP) is 3.00. The summed E-state index contributed by atoms with van der Waals surface area (Å²) in [5.74, 6) is -2.17. The highest BCUT2D eigenvalue weighted by Gasteiger charge is 2.41. The zero-order valence-electron chi connectivity index (χ0n) is 13.3. The van der Waals surface area contributed by atoms with Crippen LogP contribution in [-0.2, 0) is 14.6 Å². The molecule has 24 heavy (non-hydrogen) atoms. The predicted molar refractivity (Wildman–Crippen MR) is 85.8 cm³/mol. The summed E-state index contributed by atoms with van der Waals surface area (Å²) in [5.41, 5.74) is 0.544. The average Bonchev–Trinajstić information content (AvgIpc) is 3.33. The molecule has 0 amide bonds. The molecule has 2 unspecified atom stereocenters. The van der Waals surface area contributed by atoms with Crippen molar-refractivity contribution in [2.75, 3.05) is 0 Å². The quantitative estimate of drug-likeness (QED) is 0.790. The summed E-state index contributed by atoms with van der Waals surface area (Å²) in [6, 6.07) is 0. The van der Waals surface area contributed by atoms with Crippen LogP contribution in [0.3, 0.4) is 0 Å². The van der Waals surface area contributed by atoms with Crippen molar-refractivity contribution >= 4 is 15.8 Å². The van der Waals surface area contributed by atoms with E-state index >= 15 is 0 Å². The number of carboxylic acids is 1. The van der Waals surface area contributed by atoms with Crippen LogP contribution in [0.15, 0.2) is 23.8 Å². The van der Waals surface area contributed by atoms with E-state index in [4.69, 9.17) is 0 Å². The average molecular weight is 360 g/mol. The molecular weight excluding hydrogens is 338 g/mol. The van der Waals surface area contributed by atoms with E-state index in [0.717, 1.165) is 0 Å². The highest BCUT2D eigenvalue weighted by Crippen LogP contribution is 2.38. The fourth-order valence-electron chi connectivity index (χ4n) is 3.70. The Labute approximate surface area is 140 Å². The van der Waals surface area contributed by atoms with Crippen LogP contribution >= 0.6 is 0 Å². The van der Waals surface area contributed by atoms with Gasteiger partial charge >= 0.3 is 5.97 Å². The molecule has 0 radical (unpaired) electrons. The molecule has 0 bridgehead atoms. The summed E-state index contributed by atoms with van der Waals surface area (Å²) in [6.45, 7) is 0. The number of sulfone groups is 1. The summed E-state index contributed by atoms with van der Waals surface area (Å²) in [5, 5.41) is 8.63. The van der Waals surface area contributed by atoms with E-state index in [-0.39, 0.29) is 36.9 Å². The fraction of sp³-hybridized carbons (Fsp3) is 0.706. The van der Waals surface area contributed by atoms with Crippen LogP contribution < -0.4 is 0 Å². The number of hydrogen-bond donors (Lipinski definition) is 1. The van der Waals surface area contributed by atoms with Crippen LogP contribution in [0, 0.1) is 11.8 Å². The van der Waals surface area contributed by atoms with Crippen molar-refractivity contribution in [2.45, 2.75) is 61.4 Å². The van der Waals surface area contributed by atoms with E-state index < -0.39 is 39.3 Å². The Kier molecular flexibility index (Phi) is 4.82. The first kappa shape index (κ1) is 17.6. The minimum atomic E-state index is -3.17. The van der Waals surface area contributed by atoms with Crippen LogP contribution in [0.5, 0.6) is 0 Å². The van der Waals surface area contributed by atoms with Crippen molar-refractivity contribution in [3.8, 4) is 0 Å². The normalized spacial score (nSPS) is 34.8. The molecule has 0 aromatic heterocycles. The third-order valence-electron chi connectivity index (χ3n) is 5.28. The second-order valence-corrected chi connectivity index (χ2v) is 9.57. The number of hydrogen-bond acceptors (Lipinski definition) is 3. The lowest BCUT2D eigenvalue weighted by Crippen LogP contribution is -2.26. The van der Waals surface area contributed by atoms with Crippen molar-refractivity contribution in [3.05, 3.63) is 23.8 Å². The second-order valence-electron chi connectivity index (χ2n) is 7.12. The molecule has 2 fully saturated rings. The van der Waals surface area contributed by atoms with Crippen LogP contribution in [-0.4, -0.2) is 42.3 Å². The van der Waals surface area contributed by atoms with Gasteiger partial charge in [0.15, 0.2) is 9.84 Å². The molecule has 3 rings (SSSR count). The summed E-state index contributed by atoms with van der Waals surface area (Å²) in [7, 11) is -3.17. The van der Waals surface area contributed by atoms with Gasteiger partial charge in [-0.2, -0.15) is 0 Å². The van der Waals surface area contributed by atoms with E-state index in [2.05, 4.69) is 0 Å². The van der Waals surface area contributed by atoms with Gasteiger partial charge in [-0.15, -0.1) is 0 Å². The Hall–Kier alpha value is -1.24. The number of carboxylic acid groups (broad SMARTS) is 1. The summed E-state index contributed by atoms with van der Waals surface area (Å²) in [4.78, 5) is 11.6. The maximum Gasteiger partial charge on any atom is 0.310 e. The van der Waals surface area contributed by atoms with Gasteiger partial charge in [0.2, 0.25) is 0 Å². The number of aliphatic carboxylic acids is 1. The molecule has 4 nitrogen and oxygen atoms in total. The van der Waals surface area contributed by atoms with Crippen LogP contribution in [0.25, 0.3) is 0 Å². The Bertz CT molecular complexity index is 656. The monoisotopic (exact) mass is 360 g/mol. The highest BCUT2D eigenvalue weighted by molar-refractivity contribution is 7.93. The fourth-order valence-corrected chi connectivity index (χ4v) is 5.65. The summed E-state index contributed by atoms with van der Waals surface area (Å²) >= 11 is 0. The first-order valence-electron chi connectivity index (χ1n) is 8.41. The smallest absolute Gasteiger partial charge is 0.310 e. The molecule has 7 heteroatoms. The van der Waals surface area contributed by atoms with Crippen molar-refractivity contribution in [1.29, 1.82) is 0 Å². The molecule has 2 saturated carbocycles. The van der Waals surface area contributed by atoms with Gasteiger partial charge in [0.1, 0.15) is 12.3 Å². The zero-order chi connectivity index (χ0) is 17.5. The number of allylic oxidation sites excluding steroid dienone is 2. The molecule has 3 aliphatic rings. The number of alkyl halides is 2. The topological polar surface area (TPSA) is 71.4 Å². The minimum Gasteiger partial charge on any atom is -0.481 e. The largest absolute Gasteiger partial charge is 0.481 e. The van der Waals surface area contributed by atoms with Gasteiger partial charge < -0.3 is 5.11 Å². The molecule has 0 heterocycles. The van der Waals surface area contributed by atoms with Gasteiger partial charge in [-0.05, 0) is 50.0 Å². The van der Waals surface area contributed by atoms with Crippen LogP contribution in [0.2, 0.25) is 0 Å². The van der Waals surface area contributed by atoms with Gasteiger partial charge in [0, 0.05) is 0 Å². The molecule has 0 spiro atoms. The summed E-state index contributed by atoms with van der Waals surface area (Å²) < 4.78 is 51.1. The highest BCUT2D eigenvalue weighted by atomic mass is 32.2. The van der Waals surface area contributed by atoms with Gasteiger partial charge in [0.05, 0.1) is 16.4 Å². The molecule has 0 aromatic rings. The Morgan fingerprint density at radius 3 is 2.33 bits per heavy atom. The van der Waals surface area contributed by atoms with Gasteiger partial charge in [-0.25, -0.2) is 17.2 Å². The molecule has 1 N–H and O–H groups in total. The zero-order valence-corrected chi connectivity index (χ0v) is 14.1. The number of carbonyl (C=O) groups is 1. The van der Waals surface area contributed by atoms with E-state index in [0.29, 0.717) is 18.4 Å². The Morgan fingerprint density at radius 1 is 1.25 bits per heavy atom. The molecular formula is C17H22F2O4S. The first-order valence-corrected chi connectivity index (χ1v) is 10.0. The summed E-state index contributed by atoms with van der Waals surface area (Å²) in [6.07, 6.45) is 3.78.